The summed E-state index contributed by atoms with van der Waals surface area (Å²) >= 11 is 10.1. The summed E-state index contributed by atoms with van der Waals surface area (Å²) in [5.41, 5.74) is 4.89. The summed E-state index contributed by atoms with van der Waals surface area (Å²) in [7, 11) is 1.42. The maximum absolute atomic E-state index is 14.0. The zero-order valence-electron chi connectivity index (χ0n) is 19.0. The number of anilines is 1. The van der Waals surface area contributed by atoms with Crippen LogP contribution in [0.4, 0.5) is 23.2 Å². The number of hydrogen-bond donors (Lipinski definition) is 4. The lowest BCUT2D eigenvalue weighted by atomic mass is 9.88. The molecule has 1 aromatic heterocycles. The van der Waals surface area contributed by atoms with E-state index in [-0.39, 0.29) is 16.8 Å². The fraction of sp³-hybridized carbons (Fsp3) is 0.364. The van der Waals surface area contributed by atoms with E-state index in [0.29, 0.717) is 21.9 Å². The van der Waals surface area contributed by atoms with Gasteiger partial charge in [0.15, 0.2) is 0 Å². The Morgan fingerprint density at radius 1 is 1.41 bits per heavy atom. The minimum absolute atomic E-state index is 0.103. The number of thiazole rings is 1. The molecule has 0 saturated carbocycles. The van der Waals surface area contributed by atoms with Crippen LogP contribution in [-0.2, 0) is 20.4 Å². The molecule has 0 amide bonds. The molecule has 2 saturated heterocycles. The van der Waals surface area contributed by atoms with Crippen molar-refractivity contribution in [2.24, 2.45) is 5.73 Å². The molecule has 15 heteroatoms. The lowest BCUT2D eigenvalue weighted by Crippen LogP contribution is -2.69. The Kier molecular flexibility index (Phi) is 8.45. The van der Waals surface area contributed by atoms with Gasteiger partial charge in [0.1, 0.15) is 40.4 Å². The van der Waals surface area contributed by atoms with Crippen molar-refractivity contribution in [3.8, 4) is 0 Å². The highest BCUT2D eigenvalue weighted by molar-refractivity contribution is 9.10. The first kappa shape index (κ1) is 27.8. The summed E-state index contributed by atoms with van der Waals surface area (Å²) in [6.07, 6.45) is -3.73. The molecule has 5 atom stereocenters. The van der Waals surface area contributed by atoms with Gasteiger partial charge in [-0.2, -0.15) is 13.2 Å². The van der Waals surface area contributed by atoms with Gasteiger partial charge in [-0.1, -0.05) is 11.6 Å². The van der Waals surface area contributed by atoms with E-state index in [9.17, 15) is 17.6 Å². The standard InChI is InChI=1S/C22H21BrClF4N5O3S/c1-34-20-17(31-6-12(30)21-33-16(24)8-37-21)19-15(7-35-19)36-18(20)13(2-3-29)32-14-5-10(23)11(25)4-9(14)22(26,27)28/h2-6,8,15,17-20,29,31-32H,7,30H2,1H3/b12-6-,13-2-,29-3?. The molecule has 4 rings (SSSR count). The molecule has 5 N–H and O–H groups in total. The number of hydrogen-bond acceptors (Lipinski definition) is 9. The Hall–Kier alpha value is -2.23. The van der Waals surface area contributed by atoms with Gasteiger partial charge in [-0.3, -0.25) is 0 Å². The van der Waals surface area contributed by atoms with E-state index < -0.39 is 53.7 Å². The smallest absolute Gasteiger partial charge is 0.395 e. The Morgan fingerprint density at radius 2 is 2.16 bits per heavy atom. The average molecular weight is 627 g/mol. The first-order valence-electron chi connectivity index (χ1n) is 10.7. The van der Waals surface area contributed by atoms with E-state index in [1.54, 1.807) is 5.38 Å². The predicted molar refractivity (Wildman–Crippen MR) is 135 cm³/mol. The van der Waals surface area contributed by atoms with Crippen LogP contribution in [0.25, 0.3) is 5.70 Å². The molecule has 0 aliphatic carbocycles. The number of rotatable bonds is 8. The summed E-state index contributed by atoms with van der Waals surface area (Å²) in [5.74, 6) is -1.07. The van der Waals surface area contributed by atoms with Crippen LogP contribution in [0.1, 0.15) is 10.6 Å². The number of allylic oxidation sites excluding steroid dienone is 1. The summed E-state index contributed by atoms with van der Waals surface area (Å²) < 4.78 is 72.3. The molecule has 2 aromatic rings. The molecular formula is C22H21BrClF4N5O3S. The van der Waals surface area contributed by atoms with E-state index in [2.05, 4.69) is 31.5 Å². The van der Waals surface area contributed by atoms with Crippen molar-refractivity contribution in [2.45, 2.75) is 36.6 Å². The van der Waals surface area contributed by atoms with Crippen LogP contribution < -0.4 is 16.4 Å². The number of methoxy groups -OCH3 is 1. The quantitative estimate of drug-likeness (QED) is 0.247. The molecule has 2 aliphatic heterocycles. The Morgan fingerprint density at radius 3 is 2.73 bits per heavy atom. The van der Waals surface area contributed by atoms with E-state index in [4.69, 9.17) is 37.0 Å². The second-order valence-corrected chi connectivity index (χ2v) is 10.2. The first-order chi connectivity index (χ1) is 17.5. The third-order valence-electron chi connectivity index (χ3n) is 5.79. The van der Waals surface area contributed by atoms with Crippen molar-refractivity contribution in [3.05, 3.63) is 61.5 Å². The SMILES string of the molecule is COC1C(/C(=C/C=N)Nc2cc(Br)c(F)cc2C(F)(F)F)OC2COC2C1N/C=C(\N)c1nc(Cl)cs1. The normalized spacial score (nSPS) is 26.3. The third-order valence-corrected chi connectivity index (χ3v) is 7.61. The molecule has 200 valence electrons. The lowest BCUT2D eigenvalue weighted by molar-refractivity contribution is -0.268. The molecule has 0 spiro atoms. The van der Waals surface area contributed by atoms with Crippen molar-refractivity contribution >= 4 is 56.5 Å². The summed E-state index contributed by atoms with van der Waals surface area (Å²) in [6.45, 7) is 0.255. The van der Waals surface area contributed by atoms with E-state index >= 15 is 0 Å². The van der Waals surface area contributed by atoms with Crippen LogP contribution in [0.2, 0.25) is 5.15 Å². The third kappa shape index (κ3) is 5.94. The highest BCUT2D eigenvalue weighted by Gasteiger charge is 2.52. The number of nitrogens with zero attached hydrogens (tertiary/aromatic N) is 1. The minimum atomic E-state index is -4.84. The number of aromatic nitrogens is 1. The van der Waals surface area contributed by atoms with Crippen molar-refractivity contribution in [2.75, 3.05) is 19.0 Å². The molecular weight excluding hydrogens is 606 g/mol. The lowest BCUT2D eigenvalue weighted by Gasteiger charge is -2.51. The minimum Gasteiger partial charge on any atom is -0.395 e. The van der Waals surface area contributed by atoms with Gasteiger partial charge in [-0.05, 0) is 34.1 Å². The van der Waals surface area contributed by atoms with Crippen LogP contribution >= 0.6 is 38.9 Å². The molecule has 3 heterocycles. The largest absolute Gasteiger partial charge is 0.418 e. The maximum Gasteiger partial charge on any atom is 0.418 e. The molecule has 8 nitrogen and oxygen atoms in total. The molecule has 37 heavy (non-hydrogen) atoms. The highest BCUT2D eigenvalue weighted by atomic mass is 79.9. The van der Waals surface area contributed by atoms with E-state index in [1.165, 1.54) is 30.7 Å². The fourth-order valence-electron chi connectivity index (χ4n) is 4.06. The molecule has 2 aliphatic rings. The van der Waals surface area contributed by atoms with Crippen molar-refractivity contribution < 1.29 is 31.8 Å². The summed E-state index contributed by atoms with van der Waals surface area (Å²) in [6, 6.07) is 0.839. The van der Waals surface area contributed by atoms with Gasteiger partial charge in [0.2, 0.25) is 0 Å². The van der Waals surface area contributed by atoms with Crippen LogP contribution in [-0.4, -0.2) is 55.4 Å². The topological polar surface area (TPSA) is 115 Å². The number of halogens is 6. The molecule has 2 fully saturated rings. The number of ether oxygens (including phenoxy) is 3. The zero-order chi connectivity index (χ0) is 26.9. The number of benzene rings is 1. The Labute approximate surface area is 226 Å². The van der Waals surface area contributed by atoms with Gasteiger partial charge in [0.05, 0.1) is 34.1 Å². The zero-order valence-corrected chi connectivity index (χ0v) is 22.1. The number of nitrogens with two attached hydrogens (primary N) is 1. The first-order valence-corrected chi connectivity index (χ1v) is 12.8. The second-order valence-electron chi connectivity index (χ2n) is 8.08. The van der Waals surface area contributed by atoms with Crippen molar-refractivity contribution in [1.82, 2.24) is 10.3 Å². The summed E-state index contributed by atoms with van der Waals surface area (Å²) in [4.78, 5) is 4.11. The van der Waals surface area contributed by atoms with Gasteiger partial charge in [-0.25, -0.2) is 9.37 Å². The van der Waals surface area contributed by atoms with Gasteiger partial charge in [0, 0.05) is 30.6 Å². The Bertz CT molecular complexity index is 1230. The average Bonchev–Trinajstić information content (AvgIpc) is 3.25. The molecule has 0 bridgehead atoms. The van der Waals surface area contributed by atoms with Gasteiger partial charge in [-0.15, -0.1) is 11.3 Å². The second kappa shape index (κ2) is 11.3. The van der Waals surface area contributed by atoms with Gasteiger partial charge >= 0.3 is 6.18 Å². The predicted octanol–water partition coefficient (Wildman–Crippen LogP) is 4.76. The number of fused-ring (bicyclic) bond motifs is 1. The van der Waals surface area contributed by atoms with Gasteiger partial charge in [0.25, 0.3) is 0 Å². The van der Waals surface area contributed by atoms with Gasteiger partial charge < -0.3 is 36.0 Å². The highest BCUT2D eigenvalue weighted by Crippen LogP contribution is 2.40. The molecule has 0 radical (unpaired) electrons. The van der Waals surface area contributed by atoms with Crippen molar-refractivity contribution in [1.29, 1.82) is 5.41 Å². The molecule has 1 aromatic carbocycles. The van der Waals surface area contributed by atoms with E-state index in [0.717, 1.165) is 12.3 Å². The van der Waals surface area contributed by atoms with Crippen molar-refractivity contribution in [3.63, 3.8) is 0 Å². The number of alkyl halides is 3. The number of nitrogens with one attached hydrogen (secondary N) is 3. The maximum atomic E-state index is 14.0. The fourth-order valence-corrected chi connectivity index (χ4v) is 5.28. The molecule has 5 unspecified atom stereocenters. The van der Waals surface area contributed by atoms with E-state index in [1.807, 2.05) is 0 Å². The van der Waals surface area contributed by atoms with Crippen LogP contribution in [0.15, 0.2) is 40.0 Å². The summed E-state index contributed by atoms with van der Waals surface area (Å²) in [5, 5.41) is 15.8. The van der Waals surface area contributed by atoms with Crippen LogP contribution in [0, 0.1) is 11.2 Å². The Balaban J connectivity index is 1.65. The van der Waals surface area contributed by atoms with Crippen LogP contribution in [0.5, 0.6) is 0 Å². The van der Waals surface area contributed by atoms with Crippen LogP contribution in [0.3, 0.4) is 0 Å². The monoisotopic (exact) mass is 625 g/mol.